The molecule has 0 bridgehead atoms. The van der Waals surface area contributed by atoms with E-state index < -0.39 is 11.7 Å². The van der Waals surface area contributed by atoms with Crippen molar-refractivity contribution in [2.45, 2.75) is 32.9 Å². The number of anilines is 1. The van der Waals surface area contributed by atoms with Gasteiger partial charge in [-0.05, 0) is 50.8 Å². The van der Waals surface area contributed by atoms with E-state index in [4.69, 9.17) is 4.74 Å². The second-order valence-corrected chi connectivity index (χ2v) is 6.69. The van der Waals surface area contributed by atoms with E-state index in [9.17, 15) is 13.2 Å². The van der Waals surface area contributed by atoms with Crippen LogP contribution < -0.4 is 9.64 Å². The normalized spacial score (nSPS) is 16.0. The Morgan fingerprint density at radius 3 is 2.31 bits per heavy atom. The van der Waals surface area contributed by atoms with Gasteiger partial charge < -0.3 is 9.64 Å². The molecule has 1 aromatic heterocycles. The molecule has 1 aliphatic rings. The SMILES string of the molecule is Cc1cc(C)nc(N2CCC(COc3ccccc3C(F)(F)F)CC2)n1. The number of halogens is 3. The lowest BCUT2D eigenvalue weighted by atomic mass is 9.98. The lowest BCUT2D eigenvalue weighted by Gasteiger charge is -2.32. The Morgan fingerprint density at radius 1 is 1.08 bits per heavy atom. The average molecular weight is 365 g/mol. The summed E-state index contributed by atoms with van der Waals surface area (Å²) in [6.45, 7) is 5.72. The first-order valence-corrected chi connectivity index (χ1v) is 8.69. The maximum atomic E-state index is 13.0. The highest BCUT2D eigenvalue weighted by Gasteiger charge is 2.34. The van der Waals surface area contributed by atoms with E-state index in [-0.39, 0.29) is 18.3 Å². The number of benzene rings is 1. The molecule has 1 fully saturated rings. The summed E-state index contributed by atoms with van der Waals surface area (Å²) in [6.07, 6.45) is -2.73. The van der Waals surface area contributed by atoms with Gasteiger partial charge in [-0.1, -0.05) is 12.1 Å². The smallest absolute Gasteiger partial charge is 0.419 e. The van der Waals surface area contributed by atoms with Crippen molar-refractivity contribution in [2.24, 2.45) is 5.92 Å². The number of aryl methyl sites for hydroxylation is 2. The number of hydrogen-bond donors (Lipinski definition) is 0. The molecule has 0 spiro atoms. The fourth-order valence-corrected chi connectivity index (χ4v) is 3.18. The summed E-state index contributed by atoms with van der Waals surface area (Å²) in [5.74, 6) is 0.850. The van der Waals surface area contributed by atoms with Gasteiger partial charge in [0.1, 0.15) is 5.75 Å². The van der Waals surface area contributed by atoms with Crippen LogP contribution in [-0.4, -0.2) is 29.7 Å². The molecule has 26 heavy (non-hydrogen) atoms. The molecule has 140 valence electrons. The predicted molar refractivity (Wildman–Crippen MR) is 93.4 cm³/mol. The number of rotatable bonds is 4. The molecule has 0 N–H and O–H groups in total. The summed E-state index contributed by atoms with van der Waals surface area (Å²) in [7, 11) is 0. The fraction of sp³-hybridized carbons (Fsp3) is 0.474. The Morgan fingerprint density at radius 2 is 1.69 bits per heavy atom. The number of alkyl halides is 3. The van der Waals surface area contributed by atoms with Crippen LogP contribution >= 0.6 is 0 Å². The quantitative estimate of drug-likeness (QED) is 0.805. The van der Waals surface area contributed by atoms with Crippen molar-refractivity contribution in [1.82, 2.24) is 9.97 Å². The Hall–Kier alpha value is -2.31. The monoisotopic (exact) mass is 365 g/mol. The van der Waals surface area contributed by atoms with E-state index in [1.807, 2.05) is 19.9 Å². The molecule has 0 unspecified atom stereocenters. The van der Waals surface area contributed by atoms with Crippen LogP contribution in [0, 0.1) is 19.8 Å². The van der Waals surface area contributed by atoms with Gasteiger partial charge in [0.05, 0.1) is 12.2 Å². The molecule has 0 atom stereocenters. The molecule has 1 saturated heterocycles. The van der Waals surface area contributed by atoms with Crippen molar-refractivity contribution < 1.29 is 17.9 Å². The summed E-state index contributed by atoms with van der Waals surface area (Å²) < 4.78 is 44.6. The summed E-state index contributed by atoms with van der Waals surface area (Å²) in [5, 5.41) is 0. The van der Waals surface area contributed by atoms with Gasteiger partial charge in [0.25, 0.3) is 0 Å². The van der Waals surface area contributed by atoms with Gasteiger partial charge in [-0.3, -0.25) is 0 Å². The molecular formula is C19H22F3N3O. The molecule has 2 heterocycles. The Balaban J connectivity index is 1.57. The van der Waals surface area contributed by atoms with Gasteiger partial charge in [0.15, 0.2) is 0 Å². The van der Waals surface area contributed by atoms with Crippen LogP contribution in [0.15, 0.2) is 30.3 Å². The van der Waals surface area contributed by atoms with E-state index in [1.54, 1.807) is 6.07 Å². The molecule has 0 aliphatic carbocycles. The number of para-hydroxylation sites is 1. The first kappa shape index (κ1) is 18.5. The lowest BCUT2D eigenvalue weighted by Crippen LogP contribution is -2.36. The van der Waals surface area contributed by atoms with Crippen LogP contribution in [0.5, 0.6) is 5.75 Å². The van der Waals surface area contributed by atoms with Crippen molar-refractivity contribution in [1.29, 1.82) is 0 Å². The van der Waals surface area contributed by atoms with Crippen LogP contribution in [0.25, 0.3) is 0 Å². The van der Waals surface area contributed by atoms with Crippen LogP contribution in [-0.2, 0) is 6.18 Å². The van der Waals surface area contributed by atoms with Gasteiger partial charge in [0, 0.05) is 24.5 Å². The van der Waals surface area contributed by atoms with Gasteiger partial charge in [0.2, 0.25) is 5.95 Å². The van der Waals surface area contributed by atoms with Crippen molar-refractivity contribution in [2.75, 3.05) is 24.6 Å². The minimum absolute atomic E-state index is 0.0972. The third kappa shape index (κ3) is 4.45. The fourth-order valence-electron chi connectivity index (χ4n) is 3.18. The van der Waals surface area contributed by atoms with Crippen molar-refractivity contribution >= 4 is 5.95 Å². The van der Waals surface area contributed by atoms with E-state index in [1.165, 1.54) is 12.1 Å². The van der Waals surface area contributed by atoms with Gasteiger partial charge in [-0.25, -0.2) is 9.97 Å². The highest BCUT2D eigenvalue weighted by molar-refractivity contribution is 5.36. The number of nitrogens with zero attached hydrogens (tertiary/aromatic N) is 3. The summed E-state index contributed by atoms with van der Waals surface area (Å²) >= 11 is 0. The number of hydrogen-bond acceptors (Lipinski definition) is 4. The van der Waals surface area contributed by atoms with Gasteiger partial charge >= 0.3 is 6.18 Å². The first-order chi connectivity index (χ1) is 12.3. The topological polar surface area (TPSA) is 38.2 Å². The van der Waals surface area contributed by atoms with Gasteiger partial charge in [-0.2, -0.15) is 13.2 Å². The standard InChI is InChI=1S/C19H22F3N3O/c1-13-11-14(2)24-18(23-13)25-9-7-15(8-10-25)12-26-17-6-4-3-5-16(17)19(20,21)22/h3-6,11,15H,7-10,12H2,1-2H3. The van der Waals surface area contributed by atoms with Crippen molar-refractivity contribution in [3.8, 4) is 5.75 Å². The Kier molecular flexibility index (Phi) is 5.34. The maximum absolute atomic E-state index is 13.0. The summed E-state index contributed by atoms with van der Waals surface area (Å²) in [5.41, 5.74) is 1.14. The zero-order valence-corrected chi connectivity index (χ0v) is 14.9. The number of ether oxygens (including phenoxy) is 1. The van der Waals surface area contributed by atoms with Crippen molar-refractivity contribution in [3.63, 3.8) is 0 Å². The van der Waals surface area contributed by atoms with Crippen LogP contribution in [0.2, 0.25) is 0 Å². The van der Waals surface area contributed by atoms with E-state index in [0.29, 0.717) is 0 Å². The molecule has 0 radical (unpaired) electrons. The van der Waals surface area contributed by atoms with E-state index >= 15 is 0 Å². The second-order valence-electron chi connectivity index (χ2n) is 6.69. The van der Waals surface area contributed by atoms with E-state index in [0.717, 1.165) is 49.3 Å². The van der Waals surface area contributed by atoms with Crippen LogP contribution in [0.1, 0.15) is 29.8 Å². The minimum atomic E-state index is -4.40. The number of piperidine rings is 1. The van der Waals surface area contributed by atoms with Crippen LogP contribution in [0.3, 0.4) is 0 Å². The highest BCUT2D eigenvalue weighted by atomic mass is 19.4. The predicted octanol–water partition coefficient (Wildman–Crippen LogP) is 4.41. The second kappa shape index (κ2) is 7.51. The molecule has 4 nitrogen and oxygen atoms in total. The van der Waals surface area contributed by atoms with Crippen LogP contribution in [0.4, 0.5) is 19.1 Å². The van der Waals surface area contributed by atoms with Gasteiger partial charge in [-0.15, -0.1) is 0 Å². The Bertz CT molecular complexity index is 736. The molecule has 3 rings (SSSR count). The first-order valence-electron chi connectivity index (χ1n) is 8.69. The zero-order chi connectivity index (χ0) is 18.7. The third-order valence-corrected chi connectivity index (χ3v) is 4.53. The summed E-state index contributed by atoms with van der Waals surface area (Å²) in [6, 6.07) is 7.29. The highest BCUT2D eigenvalue weighted by Crippen LogP contribution is 2.36. The average Bonchev–Trinajstić information content (AvgIpc) is 2.59. The summed E-state index contributed by atoms with van der Waals surface area (Å²) in [4.78, 5) is 11.1. The zero-order valence-electron chi connectivity index (χ0n) is 14.9. The lowest BCUT2D eigenvalue weighted by molar-refractivity contribution is -0.139. The molecular weight excluding hydrogens is 343 g/mol. The molecule has 1 aromatic carbocycles. The third-order valence-electron chi connectivity index (χ3n) is 4.53. The molecule has 2 aromatic rings. The van der Waals surface area contributed by atoms with Crippen molar-refractivity contribution in [3.05, 3.63) is 47.3 Å². The molecule has 0 amide bonds. The van der Waals surface area contributed by atoms with E-state index in [2.05, 4.69) is 14.9 Å². The Labute approximate surface area is 151 Å². The number of aromatic nitrogens is 2. The molecule has 1 aliphatic heterocycles. The molecule has 0 saturated carbocycles. The largest absolute Gasteiger partial charge is 0.493 e. The minimum Gasteiger partial charge on any atom is -0.493 e. The maximum Gasteiger partial charge on any atom is 0.419 e. The molecule has 7 heteroatoms.